The Hall–Kier alpha value is -4.20. The van der Waals surface area contributed by atoms with Crippen LogP contribution in [-0.4, -0.2) is 35.7 Å². The molecule has 8 heteroatoms. The number of aliphatic carboxylic acids is 1. The number of rotatable bonds is 8. The molecule has 0 aromatic heterocycles. The van der Waals surface area contributed by atoms with E-state index in [-0.39, 0.29) is 12.5 Å². The van der Waals surface area contributed by atoms with Gasteiger partial charge in [0, 0.05) is 5.92 Å². The number of alkyl carbamates (subject to hydrolysis) is 1. The van der Waals surface area contributed by atoms with Crippen molar-refractivity contribution in [1.82, 2.24) is 10.6 Å². The van der Waals surface area contributed by atoms with Crippen LogP contribution in [0.1, 0.15) is 42.0 Å². The van der Waals surface area contributed by atoms with Gasteiger partial charge in [-0.2, -0.15) is 0 Å². The second-order valence-electron chi connectivity index (χ2n) is 8.41. The van der Waals surface area contributed by atoms with Crippen molar-refractivity contribution >= 4 is 18.0 Å². The number of carbonyl (C=O) groups is 3. The summed E-state index contributed by atoms with van der Waals surface area (Å²) in [6, 6.07) is 19.5. The highest BCUT2D eigenvalue weighted by Gasteiger charge is 2.30. The quantitative estimate of drug-likeness (QED) is 0.447. The number of fused-ring (bicyclic) bond motifs is 3. The van der Waals surface area contributed by atoms with Crippen molar-refractivity contribution in [3.8, 4) is 11.1 Å². The molecule has 2 atom stereocenters. The molecule has 0 heterocycles. The van der Waals surface area contributed by atoms with Crippen molar-refractivity contribution in [3.63, 3.8) is 0 Å². The van der Waals surface area contributed by atoms with Crippen LogP contribution in [-0.2, 0) is 14.3 Å². The smallest absolute Gasteiger partial charge is 0.407 e. The fourth-order valence-corrected chi connectivity index (χ4v) is 4.34. The molecule has 7 nitrogen and oxygen atoms in total. The van der Waals surface area contributed by atoms with Gasteiger partial charge in [-0.25, -0.2) is 9.18 Å². The standard InChI is InChI=1S/C27H25FN2O5/c1-16(17-7-6-8-18(28)13-17)29-26(33)24(14-25(31)32)30-27(34)35-15-23-21-11-4-2-9-19(21)20-10-3-5-12-22(20)23/h2-13,16,23-24H,14-15H2,1H3,(H,29,33)(H,30,34)(H,31,32). The van der Waals surface area contributed by atoms with Crippen molar-refractivity contribution < 1.29 is 28.6 Å². The number of carboxylic acids is 1. The monoisotopic (exact) mass is 476 g/mol. The molecule has 180 valence electrons. The highest BCUT2D eigenvalue weighted by atomic mass is 19.1. The molecule has 0 aliphatic heterocycles. The Kier molecular flexibility index (Phi) is 7.10. The number of amides is 2. The molecular formula is C27H25FN2O5. The summed E-state index contributed by atoms with van der Waals surface area (Å²) in [7, 11) is 0. The Labute approximate surface area is 201 Å². The van der Waals surface area contributed by atoms with Gasteiger partial charge in [0.1, 0.15) is 18.5 Å². The summed E-state index contributed by atoms with van der Waals surface area (Å²) in [5.74, 6) is -2.60. The Balaban J connectivity index is 1.41. The first kappa shape index (κ1) is 23.9. The van der Waals surface area contributed by atoms with Crippen molar-refractivity contribution in [1.29, 1.82) is 0 Å². The molecule has 1 aliphatic carbocycles. The summed E-state index contributed by atoms with van der Waals surface area (Å²) in [5, 5.41) is 14.2. The van der Waals surface area contributed by atoms with E-state index in [1.54, 1.807) is 13.0 Å². The van der Waals surface area contributed by atoms with Crippen molar-refractivity contribution in [2.75, 3.05) is 6.61 Å². The van der Waals surface area contributed by atoms with Gasteiger partial charge in [-0.3, -0.25) is 9.59 Å². The summed E-state index contributed by atoms with van der Waals surface area (Å²) >= 11 is 0. The van der Waals surface area contributed by atoms with E-state index in [1.807, 2.05) is 48.5 Å². The van der Waals surface area contributed by atoms with Gasteiger partial charge in [-0.05, 0) is 46.9 Å². The first-order valence-corrected chi connectivity index (χ1v) is 11.2. The minimum atomic E-state index is -1.36. The summed E-state index contributed by atoms with van der Waals surface area (Å²) in [6.45, 7) is 1.67. The molecule has 0 saturated carbocycles. The average molecular weight is 477 g/mol. The second kappa shape index (κ2) is 10.4. The molecule has 0 radical (unpaired) electrons. The Bertz CT molecular complexity index is 1220. The van der Waals surface area contributed by atoms with Crippen LogP contribution in [0.4, 0.5) is 9.18 Å². The van der Waals surface area contributed by atoms with Gasteiger partial charge in [-0.15, -0.1) is 0 Å². The summed E-state index contributed by atoms with van der Waals surface area (Å²) in [6.07, 6.45) is -1.53. The lowest BCUT2D eigenvalue weighted by molar-refractivity contribution is -0.140. The zero-order chi connectivity index (χ0) is 24.9. The van der Waals surface area contributed by atoms with Gasteiger partial charge in [0.25, 0.3) is 0 Å². The van der Waals surface area contributed by atoms with Gasteiger partial charge in [-0.1, -0.05) is 60.7 Å². The lowest BCUT2D eigenvalue weighted by Gasteiger charge is -2.21. The van der Waals surface area contributed by atoms with E-state index in [9.17, 15) is 23.9 Å². The van der Waals surface area contributed by atoms with Crippen LogP contribution < -0.4 is 10.6 Å². The largest absolute Gasteiger partial charge is 0.481 e. The van der Waals surface area contributed by atoms with E-state index in [0.29, 0.717) is 5.56 Å². The number of carbonyl (C=O) groups excluding carboxylic acids is 2. The molecule has 2 unspecified atom stereocenters. The first-order valence-electron chi connectivity index (χ1n) is 11.2. The molecule has 0 fully saturated rings. The van der Waals surface area contributed by atoms with Gasteiger partial charge in [0.2, 0.25) is 5.91 Å². The third-order valence-electron chi connectivity index (χ3n) is 6.04. The highest BCUT2D eigenvalue weighted by Crippen LogP contribution is 2.44. The fourth-order valence-electron chi connectivity index (χ4n) is 4.34. The van der Waals surface area contributed by atoms with Crippen LogP contribution in [0, 0.1) is 5.82 Å². The van der Waals surface area contributed by atoms with Gasteiger partial charge >= 0.3 is 12.1 Å². The van der Waals surface area contributed by atoms with Crippen molar-refractivity contribution in [2.45, 2.75) is 31.3 Å². The highest BCUT2D eigenvalue weighted by molar-refractivity contribution is 5.89. The molecule has 0 bridgehead atoms. The lowest BCUT2D eigenvalue weighted by atomic mass is 9.98. The lowest BCUT2D eigenvalue weighted by Crippen LogP contribution is -2.48. The first-order chi connectivity index (χ1) is 16.8. The number of carboxylic acid groups (broad SMARTS) is 1. The van der Waals surface area contributed by atoms with E-state index in [1.165, 1.54) is 18.2 Å². The molecule has 2 amide bonds. The average Bonchev–Trinajstić information content (AvgIpc) is 3.15. The van der Waals surface area contributed by atoms with E-state index in [0.717, 1.165) is 22.3 Å². The zero-order valence-corrected chi connectivity index (χ0v) is 19.0. The van der Waals surface area contributed by atoms with Crippen molar-refractivity contribution in [2.24, 2.45) is 0 Å². The number of hydrogen-bond donors (Lipinski definition) is 3. The zero-order valence-electron chi connectivity index (χ0n) is 19.0. The van der Waals surface area contributed by atoms with E-state index >= 15 is 0 Å². The van der Waals surface area contributed by atoms with Crippen LogP contribution in [0.25, 0.3) is 11.1 Å². The molecule has 0 saturated heterocycles. The minimum Gasteiger partial charge on any atom is -0.481 e. The minimum absolute atomic E-state index is 0.0287. The third-order valence-corrected chi connectivity index (χ3v) is 6.04. The molecule has 3 aromatic carbocycles. The van der Waals surface area contributed by atoms with Crippen LogP contribution >= 0.6 is 0 Å². The maximum Gasteiger partial charge on any atom is 0.407 e. The molecular weight excluding hydrogens is 451 g/mol. The Morgan fingerprint density at radius 3 is 2.17 bits per heavy atom. The summed E-state index contributed by atoms with van der Waals surface area (Å²) < 4.78 is 18.9. The molecule has 1 aliphatic rings. The van der Waals surface area contributed by atoms with Crippen LogP contribution in [0.5, 0.6) is 0 Å². The number of nitrogens with one attached hydrogen (secondary N) is 2. The number of benzene rings is 3. The van der Waals surface area contributed by atoms with Gasteiger partial charge in [0.05, 0.1) is 12.5 Å². The van der Waals surface area contributed by atoms with E-state index in [2.05, 4.69) is 10.6 Å². The molecule has 0 spiro atoms. The normalized spacial score (nSPS) is 13.8. The number of ether oxygens (including phenoxy) is 1. The predicted molar refractivity (Wildman–Crippen MR) is 127 cm³/mol. The fraction of sp³-hybridized carbons (Fsp3) is 0.222. The molecule has 3 aromatic rings. The molecule has 35 heavy (non-hydrogen) atoms. The summed E-state index contributed by atoms with van der Waals surface area (Å²) in [4.78, 5) is 36.6. The third kappa shape index (κ3) is 5.48. The maximum atomic E-state index is 13.5. The Morgan fingerprint density at radius 2 is 1.57 bits per heavy atom. The predicted octanol–water partition coefficient (Wildman–Crippen LogP) is 4.38. The molecule has 4 rings (SSSR count). The maximum absolute atomic E-state index is 13.5. The molecule has 3 N–H and O–H groups in total. The Morgan fingerprint density at radius 1 is 0.943 bits per heavy atom. The van der Waals surface area contributed by atoms with E-state index in [4.69, 9.17) is 4.74 Å². The van der Waals surface area contributed by atoms with Crippen LogP contribution in [0.3, 0.4) is 0 Å². The van der Waals surface area contributed by atoms with Gasteiger partial charge < -0.3 is 20.5 Å². The second-order valence-corrected chi connectivity index (χ2v) is 8.41. The number of hydrogen-bond acceptors (Lipinski definition) is 4. The van der Waals surface area contributed by atoms with Crippen molar-refractivity contribution in [3.05, 3.63) is 95.3 Å². The number of halogens is 1. The van der Waals surface area contributed by atoms with E-state index < -0.39 is 42.3 Å². The van der Waals surface area contributed by atoms with Crippen LogP contribution in [0.15, 0.2) is 72.8 Å². The topological polar surface area (TPSA) is 105 Å². The van der Waals surface area contributed by atoms with Gasteiger partial charge in [0.15, 0.2) is 0 Å². The van der Waals surface area contributed by atoms with Crippen LogP contribution in [0.2, 0.25) is 0 Å². The summed E-state index contributed by atoms with van der Waals surface area (Å²) in [5.41, 5.74) is 4.72. The SMILES string of the molecule is CC(NC(=O)C(CC(=O)O)NC(=O)OCC1c2ccccc2-c2ccccc21)c1cccc(F)c1.